The molecule has 1 saturated heterocycles. The number of methoxy groups -OCH3 is 1. The van der Waals surface area contributed by atoms with Gasteiger partial charge in [0.05, 0.1) is 33.2 Å². The fourth-order valence-electron chi connectivity index (χ4n) is 3.15. The molecule has 2 aromatic carbocycles. The van der Waals surface area contributed by atoms with Crippen molar-refractivity contribution < 1.29 is 23.7 Å². The third kappa shape index (κ3) is 5.09. The van der Waals surface area contributed by atoms with Crippen molar-refractivity contribution >= 4 is 69.5 Å². The zero-order valence-electron chi connectivity index (χ0n) is 18.2. The van der Waals surface area contributed by atoms with Crippen molar-refractivity contribution in [3.8, 4) is 11.3 Å². The summed E-state index contributed by atoms with van der Waals surface area (Å²) in [5.41, 5.74) is 0.896. The van der Waals surface area contributed by atoms with Gasteiger partial charge in [0.2, 0.25) is 0 Å². The van der Waals surface area contributed by atoms with E-state index in [1.807, 2.05) is 0 Å². The monoisotopic (exact) mass is 531 g/mol. The highest BCUT2D eigenvalue weighted by Crippen LogP contribution is 2.38. The van der Waals surface area contributed by atoms with Gasteiger partial charge in [-0.2, -0.15) is 0 Å². The van der Waals surface area contributed by atoms with Crippen LogP contribution in [0.2, 0.25) is 10.0 Å². The van der Waals surface area contributed by atoms with E-state index in [2.05, 4.69) is 4.99 Å². The fourth-order valence-corrected chi connectivity index (χ4v) is 4.60. The predicted octanol–water partition coefficient (Wildman–Crippen LogP) is 6.18. The number of rotatable bonds is 5. The van der Waals surface area contributed by atoms with E-state index in [1.54, 1.807) is 49.5 Å². The molecule has 0 radical (unpaired) electrons. The van der Waals surface area contributed by atoms with E-state index in [1.165, 1.54) is 18.1 Å². The lowest BCUT2D eigenvalue weighted by atomic mass is 10.1. The van der Waals surface area contributed by atoms with E-state index in [0.717, 1.165) is 17.8 Å². The molecule has 0 bridgehead atoms. The number of benzene rings is 2. The Morgan fingerprint density at radius 3 is 2.69 bits per heavy atom. The number of nitro benzene ring substituents is 1. The smallest absolute Gasteiger partial charge is 0.337 e. The maximum absolute atomic E-state index is 12.7. The number of hydrogen-bond donors (Lipinski definition) is 0. The third-order valence-corrected chi connectivity index (χ3v) is 6.57. The molecule has 0 saturated carbocycles. The van der Waals surface area contributed by atoms with Crippen LogP contribution in [0.15, 0.2) is 62.8 Å². The lowest BCUT2D eigenvalue weighted by molar-refractivity contribution is -0.384. The number of ether oxygens (including phenoxy) is 1. The molecule has 1 fully saturated rings. The number of carbonyl (C=O) groups excluding carboxylic acids is 2. The molecule has 0 aliphatic carbocycles. The molecule has 2 heterocycles. The first-order chi connectivity index (χ1) is 16.7. The van der Waals surface area contributed by atoms with Crippen molar-refractivity contribution in [2.75, 3.05) is 14.2 Å². The fraction of sp³-hybridized carbons (Fsp3) is 0.0870. The lowest BCUT2D eigenvalue weighted by Gasteiger charge is -2.07. The average Bonchev–Trinajstić information content (AvgIpc) is 3.40. The molecule has 0 unspecified atom stereocenters. The van der Waals surface area contributed by atoms with Crippen LogP contribution in [0.25, 0.3) is 17.4 Å². The van der Waals surface area contributed by atoms with E-state index in [0.29, 0.717) is 38.4 Å². The molecule has 1 aliphatic heterocycles. The van der Waals surface area contributed by atoms with Gasteiger partial charge in [0.25, 0.3) is 11.6 Å². The number of hydrogen-bond acceptors (Lipinski definition) is 8. The van der Waals surface area contributed by atoms with Crippen molar-refractivity contribution in [2.24, 2.45) is 4.99 Å². The molecule has 4 rings (SSSR count). The minimum absolute atomic E-state index is 0.0778. The summed E-state index contributed by atoms with van der Waals surface area (Å²) in [4.78, 5) is 41.1. The van der Waals surface area contributed by atoms with Crippen molar-refractivity contribution in [2.45, 2.75) is 0 Å². The zero-order chi connectivity index (χ0) is 25.3. The summed E-state index contributed by atoms with van der Waals surface area (Å²) in [5, 5.41) is 11.5. The summed E-state index contributed by atoms with van der Waals surface area (Å²) in [6.45, 7) is 0. The van der Waals surface area contributed by atoms with Crippen molar-refractivity contribution in [3.63, 3.8) is 0 Å². The van der Waals surface area contributed by atoms with Gasteiger partial charge in [0.15, 0.2) is 5.17 Å². The number of halogens is 2. The van der Waals surface area contributed by atoms with Crippen LogP contribution in [0.5, 0.6) is 0 Å². The summed E-state index contributed by atoms with van der Waals surface area (Å²) in [6.07, 6.45) is 1.56. The maximum Gasteiger partial charge on any atom is 0.337 e. The number of nitrogens with zero attached hydrogens (tertiary/aromatic N) is 3. The lowest BCUT2D eigenvalue weighted by Crippen LogP contribution is -2.23. The average molecular weight is 532 g/mol. The Hall–Kier alpha value is -3.60. The van der Waals surface area contributed by atoms with Crippen LogP contribution in [0.4, 0.5) is 11.4 Å². The minimum Gasteiger partial charge on any atom is -0.465 e. The second kappa shape index (κ2) is 9.95. The van der Waals surface area contributed by atoms with Gasteiger partial charge in [-0.05, 0) is 48.2 Å². The quantitative estimate of drug-likeness (QED) is 0.167. The standard InChI is InChI=1S/C23H15Cl2N3O6S/c1-27-21(29)20(35-23(27)26-13-5-3-4-12(8-13)22(30)33-2)9-14-6-7-19(34-14)15-10-17(25)18(28(31)32)11-16(15)24/h3-11H,1-2H3. The van der Waals surface area contributed by atoms with Gasteiger partial charge < -0.3 is 9.15 Å². The number of likely N-dealkylation sites (N-methyl/N-ethyl adjacent to an activating group) is 1. The highest BCUT2D eigenvalue weighted by atomic mass is 35.5. The highest BCUT2D eigenvalue weighted by molar-refractivity contribution is 8.18. The largest absolute Gasteiger partial charge is 0.465 e. The Kier molecular flexibility index (Phi) is 6.97. The van der Waals surface area contributed by atoms with E-state index in [-0.39, 0.29) is 21.6 Å². The van der Waals surface area contributed by atoms with Gasteiger partial charge in [0, 0.05) is 24.8 Å². The number of thioether (sulfide) groups is 1. The van der Waals surface area contributed by atoms with Crippen LogP contribution in [0.1, 0.15) is 16.1 Å². The van der Waals surface area contributed by atoms with Crippen LogP contribution in [-0.2, 0) is 9.53 Å². The van der Waals surface area contributed by atoms with Crippen LogP contribution >= 0.6 is 35.0 Å². The summed E-state index contributed by atoms with van der Waals surface area (Å²) in [5.74, 6) is -0.0777. The molecule has 3 aromatic rings. The SMILES string of the molecule is COC(=O)c1cccc(N=C2SC(=Cc3ccc(-c4cc(Cl)c([N+](=O)[O-])cc4Cl)o3)C(=O)N2C)c1. The van der Waals surface area contributed by atoms with Crippen LogP contribution in [-0.4, -0.2) is 41.0 Å². The van der Waals surface area contributed by atoms with E-state index < -0.39 is 10.9 Å². The molecular formula is C23H15Cl2N3O6S. The Bertz CT molecular complexity index is 1430. The molecule has 1 aliphatic rings. The number of amides is 1. The summed E-state index contributed by atoms with van der Waals surface area (Å²) in [6, 6.07) is 12.3. The van der Waals surface area contributed by atoms with Crippen LogP contribution in [0.3, 0.4) is 0 Å². The minimum atomic E-state index is -0.625. The second-order valence-electron chi connectivity index (χ2n) is 7.15. The van der Waals surface area contributed by atoms with Gasteiger partial charge in [-0.25, -0.2) is 9.79 Å². The molecule has 35 heavy (non-hydrogen) atoms. The van der Waals surface area contributed by atoms with Gasteiger partial charge in [-0.1, -0.05) is 29.3 Å². The first-order valence-electron chi connectivity index (χ1n) is 9.86. The van der Waals surface area contributed by atoms with E-state index >= 15 is 0 Å². The summed E-state index contributed by atoms with van der Waals surface area (Å²) in [7, 11) is 2.88. The normalized spacial score (nSPS) is 15.8. The Morgan fingerprint density at radius 2 is 1.97 bits per heavy atom. The molecular weight excluding hydrogens is 517 g/mol. The molecule has 9 nitrogen and oxygen atoms in total. The molecule has 1 amide bonds. The molecule has 0 N–H and O–H groups in total. The highest BCUT2D eigenvalue weighted by Gasteiger charge is 2.31. The van der Waals surface area contributed by atoms with Crippen LogP contribution < -0.4 is 0 Å². The first-order valence-corrected chi connectivity index (χ1v) is 11.4. The van der Waals surface area contributed by atoms with Gasteiger partial charge >= 0.3 is 5.97 Å². The van der Waals surface area contributed by atoms with Crippen molar-refractivity contribution in [1.82, 2.24) is 4.90 Å². The molecule has 178 valence electrons. The number of furan rings is 1. The topological polar surface area (TPSA) is 115 Å². The molecule has 12 heteroatoms. The van der Waals surface area contributed by atoms with E-state index in [9.17, 15) is 19.7 Å². The molecule has 1 aromatic heterocycles. The van der Waals surface area contributed by atoms with Crippen molar-refractivity contribution in [3.05, 3.63) is 84.9 Å². The van der Waals surface area contributed by atoms with Gasteiger partial charge in [0.1, 0.15) is 16.5 Å². The van der Waals surface area contributed by atoms with Crippen molar-refractivity contribution in [1.29, 1.82) is 0 Å². The Balaban J connectivity index is 1.60. The maximum atomic E-state index is 12.7. The summed E-state index contributed by atoms with van der Waals surface area (Å²) >= 11 is 13.3. The zero-order valence-corrected chi connectivity index (χ0v) is 20.5. The van der Waals surface area contributed by atoms with Gasteiger partial charge in [-0.3, -0.25) is 19.8 Å². The number of amidine groups is 1. The van der Waals surface area contributed by atoms with Crippen LogP contribution in [0, 0.1) is 10.1 Å². The van der Waals surface area contributed by atoms with E-state index in [4.69, 9.17) is 32.4 Å². The Labute approximate surface area is 213 Å². The number of esters is 1. The number of carbonyl (C=O) groups is 2. The van der Waals surface area contributed by atoms with Gasteiger partial charge in [-0.15, -0.1) is 0 Å². The number of aliphatic imine (C=N–C) groups is 1. The second-order valence-corrected chi connectivity index (χ2v) is 8.98. The Morgan fingerprint density at radius 1 is 1.20 bits per heavy atom. The summed E-state index contributed by atoms with van der Waals surface area (Å²) < 4.78 is 10.5. The molecule has 0 atom stereocenters. The predicted molar refractivity (Wildman–Crippen MR) is 134 cm³/mol. The third-order valence-electron chi connectivity index (χ3n) is 4.89. The molecule has 0 spiro atoms. The first kappa shape index (κ1) is 24.5. The number of nitro groups is 1.